The molecule has 0 amide bonds. The van der Waals surface area contributed by atoms with Crippen LogP contribution in [-0.2, 0) is 0 Å². The van der Waals surface area contributed by atoms with Crippen LogP contribution in [0.4, 0.5) is 68.2 Å². The third kappa shape index (κ3) is 7.97. The van der Waals surface area contributed by atoms with E-state index >= 15 is 0 Å². The number of para-hydroxylation sites is 7. The van der Waals surface area contributed by atoms with Crippen LogP contribution in [0.5, 0.6) is 11.5 Å². The van der Waals surface area contributed by atoms with Crippen LogP contribution < -0.4 is 57.1 Å². The van der Waals surface area contributed by atoms with Crippen LogP contribution in [-0.4, -0.2) is 13.4 Å². The van der Waals surface area contributed by atoms with Crippen LogP contribution in [0.15, 0.2) is 313 Å². The maximum absolute atomic E-state index is 7.16. The van der Waals surface area contributed by atoms with E-state index in [0.717, 1.165) is 85.3 Å². The van der Waals surface area contributed by atoms with E-state index < -0.39 is 0 Å². The molecule has 0 saturated heterocycles. The van der Waals surface area contributed by atoms with E-state index in [1.54, 1.807) is 0 Å². The first-order chi connectivity index (χ1) is 43.2. The van der Waals surface area contributed by atoms with Gasteiger partial charge in [-0.2, -0.15) is 0 Å². The van der Waals surface area contributed by atoms with Crippen molar-refractivity contribution in [2.75, 3.05) is 19.6 Å². The Hall–Kier alpha value is -10.4. The van der Waals surface area contributed by atoms with Crippen molar-refractivity contribution in [2.45, 2.75) is 9.79 Å². The summed E-state index contributed by atoms with van der Waals surface area (Å²) in [7, 11) is 0. The third-order valence-electron chi connectivity index (χ3n) is 17.9. The molecule has 0 unspecified atom stereocenters. The fraction of sp³-hybridized carbons (Fsp3) is 0. The predicted octanol–water partition coefficient (Wildman–Crippen LogP) is 17.8. The average Bonchev–Trinajstić information content (AvgIpc) is 0.890. The summed E-state index contributed by atoms with van der Waals surface area (Å²) in [4.78, 5) is 12.4. The van der Waals surface area contributed by atoms with E-state index in [4.69, 9.17) is 4.74 Å². The number of ether oxygens (including phenoxy) is 1. The standard InChI is InChI=1S/C78H50B2N4OS2/c1-7-25-51(26-8-1)60-48-74-61(59-37-19-24-42-73(59)86-74)47-67(60)84-68-50-75-65(80-63-39-21-23-41-71(63)85-72-45-58(46-76(87-75)78(72)80)82(54-31-13-4-14-32-54)55-33-15-5-16-34-55)49-64(68)79-62-38-20-22-40-66(62)83(56-35-17-6-18-36-56)69-43-57(44-70(84)77(69)79)81(52-27-9-2-10-28-52)53-29-11-3-12-30-53/h1-50H. The van der Waals surface area contributed by atoms with Crippen LogP contribution >= 0.6 is 23.1 Å². The van der Waals surface area contributed by atoms with Gasteiger partial charge in [0, 0.05) is 92.8 Å². The lowest BCUT2D eigenvalue weighted by Crippen LogP contribution is -2.64. The zero-order valence-corrected chi connectivity index (χ0v) is 48.7. The number of thiophene rings is 1. The third-order valence-corrected chi connectivity index (χ3v) is 20.1. The zero-order valence-electron chi connectivity index (χ0n) is 47.0. The van der Waals surface area contributed by atoms with E-state index in [1.807, 2.05) is 23.1 Å². The largest absolute Gasteiger partial charge is 0.458 e. The minimum absolute atomic E-state index is 0.104. The Morgan fingerprint density at radius 3 is 1.52 bits per heavy atom. The van der Waals surface area contributed by atoms with Crippen LogP contribution in [0.2, 0.25) is 0 Å². The molecule has 18 rings (SSSR count). The first-order valence-corrected chi connectivity index (χ1v) is 31.3. The monoisotopic (exact) mass is 1140 g/mol. The maximum Gasteiger partial charge on any atom is 0.253 e. The molecule has 0 bridgehead atoms. The lowest BCUT2D eigenvalue weighted by atomic mass is 9.31. The molecule has 0 N–H and O–H groups in total. The Kier molecular flexibility index (Phi) is 11.5. The second-order valence-electron chi connectivity index (χ2n) is 22.7. The van der Waals surface area contributed by atoms with Crippen LogP contribution in [0, 0.1) is 0 Å². The Bertz CT molecular complexity index is 4960. The van der Waals surface area contributed by atoms with Gasteiger partial charge in [0.05, 0.1) is 17.1 Å². The van der Waals surface area contributed by atoms with E-state index in [9.17, 15) is 0 Å². The summed E-state index contributed by atoms with van der Waals surface area (Å²) in [6.45, 7) is -0.259. The van der Waals surface area contributed by atoms with Crippen molar-refractivity contribution >= 4 is 158 Å². The van der Waals surface area contributed by atoms with Crippen molar-refractivity contribution < 1.29 is 4.74 Å². The molecule has 4 aliphatic heterocycles. The van der Waals surface area contributed by atoms with E-state index in [2.05, 4.69) is 323 Å². The fourth-order valence-electron chi connectivity index (χ4n) is 14.2. The number of fused-ring (bicyclic) bond motifs is 11. The maximum atomic E-state index is 7.16. The molecule has 14 aromatic rings. The highest BCUT2D eigenvalue weighted by Gasteiger charge is 2.47. The molecule has 9 heteroatoms. The molecule has 406 valence electrons. The van der Waals surface area contributed by atoms with Gasteiger partial charge in [0.15, 0.2) is 0 Å². The summed E-state index contributed by atoms with van der Waals surface area (Å²) in [5, 5.41) is 2.50. The highest BCUT2D eigenvalue weighted by Crippen LogP contribution is 2.53. The van der Waals surface area contributed by atoms with Gasteiger partial charge in [0.1, 0.15) is 11.5 Å². The summed E-state index contributed by atoms with van der Waals surface area (Å²) in [5.74, 6) is 1.76. The van der Waals surface area contributed by atoms with Gasteiger partial charge in [0.2, 0.25) is 0 Å². The van der Waals surface area contributed by atoms with E-state index in [-0.39, 0.29) is 13.4 Å². The van der Waals surface area contributed by atoms with Gasteiger partial charge < -0.3 is 24.3 Å². The first kappa shape index (κ1) is 49.9. The van der Waals surface area contributed by atoms with Crippen molar-refractivity contribution in [3.05, 3.63) is 303 Å². The number of hydrogen-bond acceptors (Lipinski definition) is 7. The minimum Gasteiger partial charge on any atom is -0.458 e. The van der Waals surface area contributed by atoms with Gasteiger partial charge in [-0.3, -0.25) is 0 Å². The topological polar surface area (TPSA) is 22.2 Å². The second kappa shape index (κ2) is 20.1. The van der Waals surface area contributed by atoms with Gasteiger partial charge in [0.25, 0.3) is 13.4 Å². The van der Waals surface area contributed by atoms with Gasteiger partial charge >= 0.3 is 0 Å². The first-order valence-electron chi connectivity index (χ1n) is 29.7. The SMILES string of the molecule is c1ccc(-c2cc3sc4ccccc4c3cc2N2c3cc4c(cc3B3c5ccccc5N(c5ccccc5)c5cc(N(c6ccccc6)c6ccccc6)cc2c53)B2c3ccccc3Oc3cc(N(c5ccccc5)c5ccccc5)cc(c32)S4)cc1. The van der Waals surface area contributed by atoms with Gasteiger partial charge in [-0.25, -0.2) is 0 Å². The molecular weight excluding hydrogens is 1090 g/mol. The van der Waals surface area contributed by atoms with Crippen LogP contribution in [0.3, 0.4) is 0 Å². The van der Waals surface area contributed by atoms with Crippen LogP contribution in [0.25, 0.3) is 31.3 Å². The summed E-state index contributed by atoms with van der Waals surface area (Å²) >= 11 is 3.74. The summed E-state index contributed by atoms with van der Waals surface area (Å²) < 4.78 is 9.69. The number of nitrogens with zero attached hydrogens (tertiary/aromatic N) is 4. The number of rotatable bonds is 9. The van der Waals surface area contributed by atoms with Crippen molar-refractivity contribution in [3.8, 4) is 22.6 Å². The molecular formula is C78H50B2N4OS2. The number of anilines is 12. The zero-order chi connectivity index (χ0) is 57.1. The summed E-state index contributed by atoms with van der Waals surface area (Å²) in [6, 6.07) is 112. The molecule has 0 saturated carbocycles. The summed E-state index contributed by atoms with van der Waals surface area (Å²) in [5.41, 5.74) is 23.0. The molecule has 5 heterocycles. The summed E-state index contributed by atoms with van der Waals surface area (Å²) in [6.07, 6.45) is 0. The quantitative estimate of drug-likeness (QED) is 0.133. The number of benzene rings is 13. The Morgan fingerprint density at radius 1 is 0.310 bits per heavy atom. The molecule has 87 heavy (non-hydrogen) atoms. The van der Waals surface area contributed by atoms with Crippen molar-refractivity contribution in [1.29, 1.82) is 0 Å². The van der Waals surface area contributed by atoms with Crippen molar-refractivity contribution in [3.63, 3.8) is 0 Å². The minimum atomic E-state index is -0.154. The second-order valence-corrected chi connectivity index (χ2v) is 24.9. The molecule has 5 nitrogen and oxygen atoms in total. The van der Waals surface area contributed by atoms with Crippen molar-refractivity contribution in [2.24, 2.45) is 0 Å². The highest BCUT2D eigenvalue weighted by atomic mass is 32.2. The van der Waals surface area contributed by atoms with E-state index in [1.165, 1.54) is 68.3 Å². The van der Waals surface area contributed by atoms with E-state index in [0.29, 0.717) is 0 Å². The van der Waals surface area contributed by atoms with Crippen LogP contribution in [0.1, 0.15) is 0 Å². The average molecular weight is 1150 g/mol. The Labute approximate surface area is 514 Å². The molecule has 4 aliphatic rings. The Balaban J connectivity index is 0.962. The Morgan fingerprint density at radius 2 is 0.851 bits per heavy atom. The smallest absolute Gasteiger partial charge is 0.253 e. The van der Waals surface area contributed by atoms with Gasteiger partial charge in [-0.15, -0.1) is 11.3 Å². The number of hydrogen-bond donors (Lipinski definition) is 0. The molecule has 1 aromatic heterocycles. The lowest BCUT2D eigenvalue weighted by Gasteiger charge is -2.46. The molecule has 0 aliphatic carbocycles. The normalized spacial score (nSPS) is 13.0. The predicted molar refractivity (Wildman–Crippen MR) is 370 cm³/mol. The fourth-order valence-corrected chi connectivity index (χ4v) is 16.6. The van der Waals surface area contributed by atoms with Gasteiger partial charge in [-0.05, 0) is 148 Å². The molecule has 0 atom stereocenters. The molecule has 0 spiro atoms. The van der Waals surface area contributed by atoms with Crippen molar-refractivity contribution in [1.82, 2.24) is 0 Å². The lowest BCUT2D eigenvalue weighted by molar-refractivity contribution is 0.486. The molecule has 13 aromatic carbocycles. The molecule has 0 radical (unpaired) electrons. The van der Waals surface area contributed by atoms with Gasteiger partial charge in [-0.1, -0.05) is 199 Å². The highest BCUT2D eigenvalue weighted by molar-refractivity contribution is 8.00. The molecule has 0 fully saturated rings.